The zero-order valence-corrected chi connectivity index (χ0v) is 21.1. The Balaban J connectivity index is 1.51. The molecule has 2 aromatic carbocycles. The van der Waals surface area contributed by atoms with E-state index in [9.17, 15) is 21.6 Å². The number of rotatable bonds is 6. The van der Waals surface area contributed by atoms with Gasteiger partial charge in [0.15, 0.2) is 16.8 Å². The summed E-state index contributed by atoms with van der Waals surface area (Å²) < 4.78 is 72.3. The van der Waals surface area contributed by atoms with Crippen LogP contribution in [0.2, 0.25) is 0 Å². The molecule has 1 saturated heterocycles. The van der Waals surface area contributed by atoms with Gasteiger partial charge in [-0.05, 0) is 61.9 Å². The van der Waals surface area contributed by atoms with Crippen LogP contribution >= 0.6 is 11.8 Å². The van der Waals surface area contributed by atoms with Crippen LogP contribution in [0.5, 0.6) is 0 Å². The van der Waals surface area contributed by atoms with E-state index in [-0.39, 0.29) is 22.3 Å². The van der Waals surface area contributed by atoms with Gasteiger partial charge in [0, 0.05) is 30.4 Å². The number of fused-ring (bicyclic) bond motifs is 1. The Kier molecular flexibility index (Phi) is 6.89. The minimum Gasteiger partial charge on any atom is -0.316 e. The number of hydrogen-bond donors (Lipinski definition) is 0. The summed E-state index contributed by atoms with van der Waals surface area (Å²) in [5.74, 6) is -2.89. The summed E-state index contributed by atoms with van der Waals surface area (Å²) in [7, 11) is -3.64. The highest BCUT2D eigenvalue weighted by Crippen LogP contribution is 2.38. The fourth-order valence-electron chi connectivity index (χ4n) is 5.19. The summed E-state index contributed by atoms with van der Waals surface area (Å²) >= 11 is 1.14. The summed E-state index contributed by atoms with van der Waals surface area (Å²) in [5, 5.41) is 0.552. The van der Waals surface area contributed by atoms with Crippen molar-refractivity contribution in [2.24, 2.45) is 5.92 Å². The van der Waals surface area contributed by atoms with E-state index in [2.05, 4.69) is 11.5 Å². The van der Waals surface area contributed by atoms with Crippen LogP contribution in [0.15, 0.2) is 40.4 Å². The highest BCUT2D eigenvalue weighted by atomic mass is 32.2. The van der Waals surface area contributed by atoms with Crippen molar-refractivity contribution in [2.45, 2.75) is 67.3 Å². The third-order valence-corrected chi connectivity index (χ3v) is 9.90. The molecule has 3 aromatic rings. The van der Waals surface area contributed by atoms with Crippen LogP contribution in [0.25, 0.3) is 11.0 Å². The van der Waals surface area contributed by atoms with Crippen molar-refractivity contribution in [1.82, 2.24) is 13.9 Å². The predicted octanol–water partition coefficient (Wildman–Crippen LogP) is 6.28. The molecule has 0 amide bonds. The number of halogens is 3. The number of piperidine rings is 1. The van der Waals surface area contributed by atoms with Crippen molar-refractivity contribution in [1.29, 1.82) is 0 Å². The van der Waals surface area contributed by atoms with Crippen molar-refractivity contribution in [3.8, 4) is 0 Å². The largest absolute Gasteiger partial charge is 0.316 e. The van der Waals surface area contributed by atoms with Gasteiger partial charge in [-0.1, -0.05) is 31.5 Å². The van der Waals surface area contributed by atoms with Gasteiger partial charge in [-0.3, -0.25) is 0 Å². The van der Waals surface area contributed by atoms with Crippen LogP contribution in [0.3, 0.4) is 0 Å². The molecule has 188 valence electrons. The average molecular weight is 524 g/mol. The first-order valence-corrected chi connectivity index (χ1v) is 14.5. The molecule has 1 aliphatic heterocycles. The average Bonchev–Trinajstić information content (AvgIpc) is 3.48. The van der Waals surface area contributed by atoms with E-state index in [0.29, 0.717) is 29.7 Å². The molecule has 1 saturated carbocycles. The summed E-state index contributed by atoms with van der Waals surface area (Å²) in [6, 6.07) is 6.89. The van der Waals surface area contributed by atoms with Crippen LogP contribution in [0.1, 0.15) is 57.1 Å². The molecule has 1 aromatic heterocycles. The van der Waals surface area contributed by atoms with Crippen molar-refractivity contribution in [3.05, 3.63) is 53.3 Å². The molecule has 0 radical (unpaired) electrons. The number of thioether (sulfide) groups is 1. The van der Waals surface area contributed by atoms with E-state index >= 15 is 0 Å². The number of nitrogens with zero attached hydrogens (tertiary/aromatic N) is 3. The molecular weight excluding hydrogens is 495 g/mol. The van der Waals surface area contributed by atoms with E-state index in [4.69, 9.17) is 4.98 Å². The minimum absolute atomic E-state index is 0.123. The van der Waals surface area contributed by atoms with Gasteiger partial charge in [0.25, 0.3) is 0 Å². The van der Waals surface area contributed by atoms with Gasteiger partial charge in [-0.2, -0.15) is 4.31 Å². The quantitative estimate of drug-likeness (QED) is 0.282. The molecular formula is C25H28F3N3O2S2. The van der Waals surface area contributed by atoms with E-state index in [1.807, 2.05) is 0 Å². The Hall–Kier alpha value is -2.04. The second-order valence-electron chi connectivity index (χ2n) is 9.57. The van der Waals surface area contributed by atoms with Crippen LogP contribution in [0, 0.1) is 23.4 Å². The smallest absolute Gasteiger partial charge is 0.243 e. The lowest BCUT2D eigenvalue weighted by Crippen LogP contribution is -2.39. The fourth-order valence-corrected chi connectivity index (χ4v) is 7.89. The molecule has 2 fully saturated rings. The number of aromatic nitrogens is 2. The zero-order chi connectivity index (χ0) is 24.7. The van der Waals surface area contributed by atoms with Crippen LogP contribution < -0.4 is 0 Å². The molecule has 1 aliphatic carbocycles. The maximum absolute atomic E-state index is 14.2. The standard InChI is InChI=1S/C25H28F3N3O2S2/c1-16-5-4-12-30(14-16)35(32,33)18-8-11-23-22(13-18)29-25(31(23)17-6-2-3-7-17)34-15-19-20(26)9-10-21(27)24(19)28/h8-11,13,16-17H,2-7,12,14-15H2,1H3. The SMILES string of the molecule is CC1CCCN(S(=O)(=O)c2ccc3c(c2)nc(SCc2c(F)ccc(F)c2F)n3C2CCCC2)C1. The minimum atomic E-state index is -3.64. The second-order valence-corrected chi connectivity index (χ2v) is 12.5. The van der Waals surface area contributed by atoms with Crippen LogP contribution in [-0.2, 0) is 15.8 Å². The molecule has 1 atom stereocenters. The highest BCUT2D eigenvalue weighted by molar-refractivity contribution is 7.98. The molecule has 10 heteroatoms. The molecule has 5 nitrogen and oxygen atoms in total. The van der Waals surface area contributed by atoms with Crippen molar-refractivity contribution in [2.75, 3.05) is 13.1 Å². The highest BCUT2D eigenvalue weighted by Gasteiger charge is 2.30. The fraction of sp³-hybridized carbons (Fsp3) is 0.480. The molecule has 35 heavy (non-hydrogen) atoms. The van der Waals surface area contributed by atoms with Crippen molar-refractivity contribution >= 4 is 32.8 Å². The molecule has 2 aliphatic rings. The first kappa shape index (κ1) is 24.6. The Morgan fingerprint density at radius 1 is 1.03 bits per heavy atom. The van der Waals surface area contributed by atoms with E-state index in [0.717, 1.165) is 67.9 Å². The van der Waals surface area contributed by atoms with Gasteiger partial charge >= 0.3 is 0 Å². The third-order valence-electron chi connectivity index (χ3n) is 7.06. The summed E-state index contributed by atoms with van der Waals surface area (Å²) in [6.45, 7) is 3.07. The van der Waals surface area contributed by atoms with Crippen molar-refractivity contribution in [3.63, 3.8) is 0 Å². The number of imidazole rings is 1. The van der Waals surface area contributed by atoms with Gasteiger partial charge in [-0.15, -0.1) is 0 Å². The van der Waals surface area contributed by atoms with E-state index < -0.39 is 27.5 Å². The molecule has 1 unspecified atom stereocenters. The van der Waals surface area contributed by atoms with Gasteiger partial charge in [0.1, 0.15) is 5.82 Å². The monoisotopic (exact) mass is 523 g/mol. The number of hydrogen-bond acceptors (Lipinski definition) is 4. The van der Waals surface area contributed by atoms with Gasteiger partial charge in [0.05, 0.1) is 15.9 Å². The molecule has 2 heterocycles. The third kappa shape index (κ3) is 4.72. The Morgan fingerprint density at radius 3 is 2.51 bits per heavy atom. The van der Waals surface area contributed by atoms with Crippen LogP contribution in [0.4, 0.5) is 13.2 Å². The number of benzene rings is 2. The summed E-state index contributed by atoms with van der Waals surface area (Å²) in [4.78, 5) is 4.90. The molecule has 5 rings (SSSR count). The van der Waals surface area contributed by atoms with Crippen molar-refractivity contribution < 1.29 is 21.6 Å². The predicted molar refractivity (Wildman–Crippen MR) is 130 cm³/mol. The van der Waals surface area contributed by atoms with Gasteiger partial charge in [0.2, 0.25) is 10.0 Å². The Labute approximate surface area is 207 Å². The first-order chi connectivity index (χ1) is 16.8. The molecule has 0 N–H and O–H groups in total. The first-order valence-electron chi connectivity index (χ1n) is 12.0. The van der Waals surface area contributed by atoms with E-state index in [1.54, 1.807) is 22.5 Å². The topological polar surface area (TPSA) is 55.2 Å². The zero-order valence-electron chi connectivity index (χ0n) is 19.5. The van der Waals surface area contributed by atoms with Gasteiger partial charge < -0.3 is 4.57 Å². The van der Waals surface area contributed by atoms with Gasteiger partial charge in [-0.25, -0.2) is 26.6 Å². The lowest BCUT2D eigenvalue weighted by Gasteiger charge is -2.30. The second kappa shape index (κ2) is 9.78. The summed E-state index contributed by atoms with van der Waals surface area (Å²) in [6.07, 6.45) is 5.90. The normalized spacial score (nSPS) is 20.2. The maximum atomic E-state index is 14.2. The summed E-state index contributed by atoms with van der Waals surface area (Å²) in [5.41, 5.74) is 0.999. The lowest BCUT2D eigenvalue weighted by molar-refractivity contribution is 0.281. The lowest BCUT2D eigenvalue weighted by atomic mass is 10.0. The molecule has 0 bridgehead atoms. The van der Waals surface area contributed by atoms with E-state index in [1.165, 1.54) is 0 Å². The Morgan fingerprint density at radius 2 is 1.77 bits per heavy atom. The van der Waals surface area contributed by atoms with Crippen LogP contribution in [-0.4, -0.2) is 35.4 Å². The molecule has 0 spiro atoms. The maximum Gasteiger partial charge on any atom is 0.243 e. The number of sulfonamides is 1. The Bertz CT molecular complexity index is 1350.